The van der Waals surface area contributed by atoms with Gasteiger partial charge in [-0.15, -0.1) is 0 Å². The molecule has 1 N–H and O–H groups in total. The highest BCUT2D eigenvalue weighted by Gasteiger charge is 2.14. The molecule has 2 aromatic rings. The highest BCUT2D eigenvalue weighted by molar-refractivity contribution is 6.44. The summed E-state index contributed by atoms with van der Waals surface area (Å²) in [6.07, 6.45) is 2.48. The van der Waals surface area contributed by atoms with Crippen LogP contribution in [0.1, 0.15) is 23.2 Å². The Morgan fingerprint density at radius 3 is 2.36 bits per heavy atom. The molecule has 22 heavy (non-hydrogen) atoms. The molecule has 114 valence electrons. The predicted molar refractivity (Wildman–Crippen MR) is 92.3 cm³/mol. The van der Waals surface area contributed by atoms with Gasteiger partial charge in [-0.05, 0) is 49.2 Å². The van der Waals surface area contributed by atoms with Gasteiger partial charge in [-0.3, -0.25) is 4.79 Å². The van der Waals surface area contributed by atoms with Gasteiger partial charge in [0.25, 0.3) is 5.91 Å². The smallest absolute Gasteiger partial charge is 0.257 e. The van der Waals surface area contributed by atoms with Crippen molar-refractivity contribution < 1.29 is 4.79 Å². The quantitative estimate of drug-likeness (QED) is 0.870. The average molecular weight is 335 g/mol. The summed E-state index contributed by atoms with van der Waals surface area (Å²) >= 11 is 12.0. The van der Waals surface area contributed by atoms with E-state index in [0.717, 1.165) is 18.8 Å². The first-order valence-corrected chi connectivity index (χ1v) is 8.01. The van der Waals surface area contributed by atoms with E-state index in [1.54, 1.807) is 18.2 Å². The molecule has 0 aliphatic carbocycles. The summed E-state index contributed by atoms with van der Waals surface area (Å²) in [6.45, 7) is 2.20. The number of rotatable bonds is 3. The summed E-state index contributed by atoms with van der Waals surface area (Å²) < 4.78 is 0. The van der Waals surface area contributed by atoms with Crippen LogP contribution in [0.5, 0.6) is 0 Å². The fraction of sp³-hybridized carbons (Fsp3) is 0.235. The lowest BCUT2D eigenvalue weighted by atomic mass is 10.2. The number of anilines is 2. The second kappa shape index (κ2) is 6.59. The third kappa shape index (κ3) is 3.21. The van der Waals surface area contributed by atoms with Crippen molar-refractivity contribution in [3.63, 3.8) is 0 Å². The molecule has 5 heteroatoms. The van der Waals surface area contributed by atoms with Gasteiger partial charge in [-0.1, -0.05) is 29.3 Å². The largest absolute Gasteiger partial charge is 0.372 e. The van der Waals surface area contributed by atoms with Crippen molar-refractivity contribution in [2.24, 2.45) is 0 Å². The molecule has 0 unspecified atom stereocenters. The molecule has 3 nitrogen and oxygen atoms in total. The Kier molecular flexibility index (Phi) is 4.55. The molecule has 0 radical (unpaired) electrons. The minimum atomic E-state index is -0.263. The predicted octanol–water partition coefficient (Wildman–Crippen LogP) is 4.85. The maximum Gasteiger partial charge on any atom is 0.257 e. The number of nitrogens with one attached hydrogen (secondary N) is 1. The minimum Gasteiger partial charge on any atom is -0.372 e. The number of nitrogens with zero attached hydrogens (tertiary/aromatic N) is 1. The molecular weight excluding hydrogens is 319 g/mol. The zero-order chi connectivity index (χ0) is 15.5. The first-order chi connectivity index (χ1) is 10.6. The molecule has 0 saturated carbocycles. The van der Waals surface area contributed by atoms with E-state index in [4.69, 9.17) is 23.2 Å². The van der Waals surface area contributed by atoms with Crippen molar-refractivity contribution in [3.05, 3.63) is 58.1 Å². The lowest BCUT2D eigenvalue weighted by Crippen LogP contribution is -2.17. The molecule has 0 aromatic heterocycles. The second-order valence-electron chi connectivity index (χ2n) is 5.30. The summed E-state index contributed by atoms with van der Waals surface area (Å²) in [5.74, 6) is -0.263. The van der Waals surface area contributed by atoms with E-state index in [0.29, 0.717) is 10.6 Å². The Labute approximate surface area is 139 Å². The number of halogens is 2. The third-order valence-corrected chi connectivity index (χ3v) is 4.61. The molecule has 3 rings (SSSR count). The summed E-state index contributed by atoms with van der Waals surface area (Å²) in [6, 6.07) is 12.9. The Bertz CT molecular complexity index is 680. The topological polar surface area (TPSA) is 32.3 Å². The van der Waals surface area contributed by atoms with Crippen molar-refractivity contribution >= 4 is 40.5 Å². The van der Waals surface area contributed by atoms with E-state index in [-0.39, 0.29) is 10.9 Å². The minimum absolute atomic E-state index is 0.263. The average Bonchev–Trinajstić information content (AvgIpc) is 3.05. The number of hydrogen-bond acceptors (Lipinski definition) is 2. The van der Waals surface area contributed by atoms with Gasteiger partial charge in [-0.2, -0.15) is 0 Å². The summed E-state index contributed by atoms with van der Waals surface area (Å²) in [5, 5.41) is 3.49. The van der Waals surface area contributed by atoms with Crippen molar-refractivity contribution in [1.82, 2.24) is 0 Å². The molecule has 1 fully saturated rings. The van der Waals surface area contributed by atoms with Crippen molar-refractivity contribution in [3.8, 4) is 0 Å². The van der Waals surface area contributed by atoms with Crippen LogP contribution in [0, 0.1) is 0 Å². The van der Waals surface area contributed by atoms with E-state index in [1.807, 2.05) is 24.3 Å². The number of hydrogen-bond donors (Lipinski definition) is 1. The maximum absolute atomic E-state index is 12.3. The standard InChI is InChI=1S/C17H16Cl2N2O/c18-15-5-3-4-14(16(15)19)17(22)20-12-6-8-13(9-7-12)21-10-1-2-11-21/h3-9H,1-2,10-11H2,(H,20,22). The van der Waals surface area contributed by atoms with E-state index in [1.165, 1.54) is 18.5 Å². The normalized spacial score (nSPS) is 14.2. The molecule has 2 aromatic carbocycles. The fourth-order valence-electron chi connectivity index (χ4n) is 2.61. The first-order valence-electron chi connectivity index (χ1n) is 7.25. The number of benzene rings is 2. The highest BCUT2D eigenvalue weighted by Crippen LogP contribution is 2.27. The zero-order valence-corrected chi connectivity index (χ0v) is 13.5. The van der Waals surface area contributed by atoms with E-state index < -0.39 is 0 Å². The van der Waals surface area contributed by atoms with Crippen LogP contribution in [-0.2, 0) is 0 Å². The monoisotopic (exact) mass is 334 g/mol. The zero-order valence-electron chi connectivity index (χ0n) is 12.0. The van der Waals surface area contributed by atoms with Gasteiger partial charge in [0.05, 0.1) is 15.6 Å². The lowest BCUT2D eigenvalue weighted by molar-refractivity contribution is 0.102. The van der Waals surface area contributed by atoms with Gasteiger partial charge in [-0.25, -0.2) is 0 Å². The fourth-order valence-corrected chi connectivity index (χ4v) is 2.99. The SMILES string of the molecule is O=C(Nc1ccc(N2CCCC2)cc1)c1cccc(Cl)c1Cl. The Hall–Kier alpha value is -1.71. The van der Waals surface area contributed by atoms with Crippen LogP contribution < -0.4 is 10.2 Å². The second-order valence-corrected chi connectivity index (χ2v) is 6.08. The highest BCUT2D eigenvalue weighted by atomic mass is 35.5. The van der Waals surface area contributed by atoms with Crippen LogP contribution in [0.25, 0.3) is 0 Å². The number of amides is 1. The van der Waals surface area contributed by atoms with Gasteiger partial charge >= 0.3 is 0 Å². The van der Waals surface area contributed by atoms with Gasteiger partial charge < -0.3 is 10.2 Å². The Morgan fingerprint density at radius 1 is 1.00 bits per heavy atom. The Morgan fingerprint density at radius 2 is 1.68 bits per heavy atom. The lowest BCUT2D eigenvalue weighted by Gasteiger charge is -2.17. The van der Waals surface area contributed by atoms with Crippen molar-refractivity contribution in [2.75, 3.05) is 23.3 Å². The summed E-state index contributed by atoms with van der Waals surface area (Å²) in [4.78, 5) is 14.6. The van der Waals surface area contributed by atoms with Crippen LogP contribution in [0.15, 0.2) is 42.5 Å². The van der Waals surface area contributed by atoms with Crippen molar-refractivity contribution in [2.45, 2.75) is 12.8 Å². The summed E-state index contributed by atoms with van der Waals surface area (Å²) in [5.41, 5.74) is 2.30. The molecule has 0 bridgehead atoms. The van der Waals surface area contributed by atoms with E-state index >= 15 is 0 Å². The maximum atomic E-state index is 12.3. The van der Waals surface area contributed by atoms with Gasteiger partial charge in [0.2, 0.25) is 0 Å². The third-order valence-electron chi connectivity index (χ3n) is 3.79. The van der Waals surface area contributed by atoms with Gasteiger partial charge in [0.15, 0.2) is 0 Å². The van der Waals surface area contributed by atoms with Gasteiger partial charge in [0, 0.05) is 24.5 Å². The molecule has 1 amide bonds. The molecule has 1 aliphatic heterocycles. The molecule has 0 atom stereocenters. The van der Waals surface area contributed by atoms with Crippen molar-refractivity contribution in [1.29, 1.82) is 0 Å². The van der Waals surface area contributed by atoms with Crippen LogP contribution >= 0.6 is 23.2 Å². The van der Waals surface area contributed by atoms with Crippen LogP contribution in [0.4, 0.5) is 11.4 Å². The van der Waals surface area contributed by atoms with Crippen LogP contribution in [0.3, 0.4) is 0 Å². The van der Waals surface area contributed by atoms with E-state index in [2.05, 4.69) is 10.2 Å². The van der Waals surface area contributed by atoms with Crippen LogP contribution in [0.2, 0.25) is 10.0 Å². The molecule has 1 saturated heterocycles. The molecular formula is C17H16Cl2N2O. The number of carbonyl (C=O) groups is 1. The van der Waals surface area contributed by atoms with Gasteiger partial charge in [0.1, 0.15) is 0 Å². The summed E-state index contributed by atoms with van der Waals surface area (Å²) in [7, 11) is 0. The Balaban J connectivity index is 1.72. The first kappa shape index (κ1) is 15.2. The number of carbonyl (C=O) groups excluding carboxylic acids is 1. The van der Waals surface area contributed by atoms with E-state index in [9.17, 15) is 4.79 Å². The van der Waals surface area contributed by atoms with Crippen LogP contribution in [-0.4, -0.2) is 19.0 Å². The molecule has 1 heterocycles. The molecule has 0 spiro atoms. The molecule has 1 aliphatic rings.